The molecule has 0 unspecified atom stereocenters. The summed E-state index contributed by atoms with van der Waals surface area (Å²) in [6.45, 7) is 1.36. The number of anilines is 2. The maximum absolute atomic E-state index is 12.8. The second-order valence-corrected chi connectivity index (χ2v) is 8.17. The van der Waals surface area contributed by atoms with Gasteiger partial charge in [0.1, 0.15) is 0 Å². The summed E-state index contributed by atoms with van der Waals surface area (Å²) in [4.78, 5) is 35.0. The summed E-state index contributed by atoms with van der Waals surface area (Å²) in [5, 5.41) is 3.61. The van der Waals surface area contributed by atoms with Gasteiger partial charge in [0.05, 0.1) is 11.1 Å². The molecule has 1 aromatic carbocycles. The number of rotatable bonds is 1. The van der Waals surface area contributed by atoms with Crippen molar-refractivity contribution in [1.82, 2.24) is 9.97 Å². The molecule has 140 valence electrons. The van der Waals surface area contributed by atoms with Gasteiger partial charge >= 0.3 is 0 Å². The quantitative estimate of drug-likeness (QED) is 0.792. The molecule has 27 heavy (non-hydrogen) atoms. The topological polar surface area (TPSA) is 78.1 Å². The Labute approximate surface area is 161 Å². The standard InChI is InChI=1S/C20H21ClN4O2/c21-12-5-6-14-16(11-12)22-18(27)20(14)7-9-25(10-8-20)19-23-15-4-2-1-3-13(15)17(26)24-19/h5-6,11H,1-4,7-10H2,(H,22,27)(H,23,24,26). The molecule has 0 saturated carbocycles. The highest BCUT2D eigenvalue weighted by molar-refractivity contribution is 6.31. The molecular formula is C20H21ClN4O2. The van der Waals surface area contributed by atoms with Crippen LogP contribution in [0.2, 0.25) is 5.02 Å². The molecule has 3 aliphatic rings. The molecular weight excluding hydrogens is 364 g/mol. The number of hydrogen-bond donors (Lipinski definition) is 2. The maximum atomic E-state index is 12.8. The number of piperidine rings is 1. The largest absolute Gasteiger partial charge is 0.342 e. The monoisotopic (exact) mass is 384 g/mol. The fourth-order valence-corrected chi connectivity index (χ4v) is 4.91. The molecule has 2 aromatic rings. The van der Waals surface area contributed by atoms with Gasteiger partial charge in [-0.25, -0.2) is 4.98 Å². The van der Waals surface area contributed by atoms with Gasteiger partial charge < -0.3 is 10.2 Å². The Morgan fingerprint density at radius 2 is 1.89 bits per heavy atom. The molecule has 5 rings (SSSR count). The van der Waals surface area contributed by atoms with Crippen LogP contribution in [-0.4, -0.2) is 29.0 Å². The lowest BCUT2D eigenvalue weighted by molar-refractivity contribution is -0.121. The van der Waals surface area contributed by atoms with Gasteiger partial charge in [-0.3, -0.25) is 14.6 Å². The minimum atomic E-state index is -0.509. The predicted octanol–water partition coefficient (Wildman–Crippen LogP) is 2.79. The number of nitrogens with one attached hydrogen (secondary N) is 2. The number of carbonyl (C=O) groups excluding carboxylic acids is 1. The third-order valence-corrected chi connectivity index (χ3v) is 6.51. The number of amides is 1. The van der Waals surface area contributed by atoms with Crippen molar-refractivity contribution in [1.29, 1.82) is 0 Å². The van der Waals surface area contributed by atoms with E-state index in [1.165, 1.54) is 0 Å². The van der Waals surface area contributed by atoms with E-state index in [-0.39, 0.29) is 11.5 Å². The molecule has 6 nitrogen and oxygen atoms in total. The molecule has 7 heteroatoms. The summed E-state index contributed by atoms with van der Waals surface area (Å²) in [6, 6.07) is 5.62. The molecule has 1 amide bonds. The summed E-state index contributed by atoms with van der Waals surface area (Å²) >= 11 is 6.07. The highest BCUT2D eigenvalue weighted by Crippen LogP contribution is 2.45. The van der Waals surface area contributed by atoms with Crippen LogP contribution in [0, 0.1) is 0 Å². The van der Waals surface area contributed by atoms with Gasteiger partial charge in [0.25, 0.3) is 5.56 Å². The van der Waals surface area contributed by atoms with Crippen molar-refractivity contribution in [3.05, 3.63) is 50.4 Å². The Balaban J connectivity index is 1.42. The zero-order chi connectivity index (χ0) is 18.6. The first-order valence-electron chi connectivity index (χ1n) is 9.55. The lowest BCUT2D eigenvalue weighted by Crippen LogP contribution is -2.47. The molecule has 1 saturated heterocycles. The van der Waals surface area contributed by atoms with Gasteiger partial charge in [-0.05, 0) is 56.2 Å². The van der Waals surface area contributed by atoms with Crippen LogP contribution in [0.5, 0.6) is 0 Å². The molecule has 1 spiro atoms. The summed E-state index contributed by atoms with van der Waals surface area (Å²) in [6.07, 6.45) is 5.22. The van der Waals surface area contributed by atoms with Gasteiger partial charge in [-0.15, -0.1) is 0 Å². The van der Waals surface area contributed by atoms with Gasteiger partial charge in [0.2, 0.25) is 11.9 Å². The number of carbonyl (C=O) groups is 1. The Bertz CT molecular complexity index is 992. The number of benzene rings is 1. The molecule has 2 N–H and O–H groups in total. The first-order chi connectivity index (χ1) is 13.1. The van der Waals surface area contributed by atoms with Crippen LogP contribution in [0.3, 0.4) is 0 Å². The van der Waals surface area contributed by atoms with Gasteiger partial charge in [-0.2, -0.15) is 0 Å². The normalized spacial score (nSPS) is 20.3. The third kappa shape index (κ3) is 2.57. The Morgan fingerprint density at radius 3 is 2.70 bits per heavy atom. The van der Waals surface area contributed by atoms with Crippen molar-refractivity contribution < 1.29 is 4.79 Å². The smallest absolute Gasteiger partial charge is 0.255 e. The average Bonchev–Trinajstić information content (AvgIpc) is 2.93. The maximum Gasteiger partial charge on any atom is 0.255 e. The lowest BCUT2D eigenvalue weighted by Gasteiger charge is -2.38. The van der Waals surface area contributed by atoms with Crippen molar-refractivity contribution in [2.75, 3.05) is 23.3 Å². The van der Waals surface area contributed by atoms with Crippen molar-refractivity contribution in [3.63, 3.8) is 0 Å². The van der Waals surface area contributed by atoms with Crippen LogP contribution in [-0.2, 0) is 23.1 Å². The average molecular weight is 385 g/mol. The number of hydrogen-bond acceptors (Lipinski definition) is 4. The Hall–Kier alpha value is -2.34. The summed E-state index contributed by atoms with van der Waals surface area (Å²) < 4.78 is 0. The van der Waals surface area contributed by atoms with Gasteiger partial charge in [-0.1, -0.05) is 17.7 Å². The van der Waals surface area contributed by atoms with Crippen molar-refractivity contribution in [2.45, 2.75) is 43.9 Å². The zero-order valence-corrected chi connectivity index (χ0v) is 15.7. The SMILES string of the molecule is O=C1Nc2cc(Cl)ccc2C12CCN(c1nc3c(c(=O)[nH]1)CCCC3)CC2. The van der Waals surface area contributed by atoms with E-state index in [0.29, 0.717) is 36.9 Å². The van der Waals surface area contributed by atoms with E-state index in [0.717, 1.165) is 48.2 Å². The first-order valence-corrected chi connectivity index (χ1v) is 9.93. The van der Waals surface area contributed by atoms with Gasteiger partial charge in [0.15, 0.2) is 0 Å². The minimum Gasteiger partial charge on any atom is -0.342 e. The zero-order valence-electron chi connectivity index (χ0n) is 15.0. The summed E-state index contributed by atoms with van der Waals surface area (Å²) in [5.41, 5.74) is 3.13. The van der Waals surface area contributed by atoms with E-state index in [9.17, 15) is 9.59 Å². The van der Waals surface area contributed by atoms with Gasteiger partial charge in [0, 0.05) is 29.4 Å². The van der Waals surface area contributed by atoms with Crippen LogP contribution >= 0.6 is 11.6 Å². The van der Waals surface area contributed by atoms with Crippen LogP contribution in [0.4, 0.5) is 11.6 Å². The van der Waals surface area contributed by atoms with Crippen LogP contribution in [0.15, 0.2) is 23.0 Å². The second-order valence-electron chi connectivity index (χ2n) is 7.74. The van der Waals surface area contributed by atoms with Crippen molar-refractivity contribution >= 4 is 29.1 Å². The van der Waals surface area contributed by atoms with Crippen LogP contribution in [0.1, 0.15) is 42.5 Å². The van der Waals surface area contributed by atoms with Crippen LogP contribution < -0.4 is 15.8 Å². The molecule has 0 radical (unpaired) electrons. The summed E-state index contributed by atoms with van der Waals surface area (Å²) in [5.74, 6) is 0.691. The number of aromatic amines is 1. The fraction of sp³-hybridized carbons (Fsp3) is 0.450. The van der Waals surface area contributed by atoms with E-state index in [4.69, 9.17) is 16.6 Å². The number of aryl methyl sites for hydroxylation is 1. The molecule has 3 heterocycles. The Kier molecular flexibility index (Phi) is 3.79. The molecule has 0 bridgehead atoms. The van der Waals surface area contributed by atoms with E-state index in [1.807, 2.05) is 18.2 Å². The number of nitrogens with zero attached hydrogens (tertiary/aromatic N) is 2. The van der Waals surface area contributed by atoms with Crippen molar-refractivity contribution in [2.24, 2.45) is 0 Å². The van der Waals surface area contributed by atoms with E-state index >= 15 is 0 Å². The second kappa shape index (κ2) is 6.09. The number of halogens is 1. The highest BCUT2D eigenvalue weighted by atomic mass is 35.5. The molecule has 1 aliphatic carbocycles. The minimum absolute atomic E-state index is 0.00594. The number of fused-ring (bicyclic) bond motifs is 3. The predicted molar refractivity (Wildman–Crippen MR) is 105 cm³/mol. The molecule has 2 aliphatic heterocycles. The number of H-pyrrole nitrogens is 1. The fourth-order valence-electron chi connectivity index (χ4n) is 4.74. The van der Waals surface area contributed by atoms with E-state index < -0.39 is 5.41 Å². The molecule has 0 atom stereocenters. The third-order valence-electron chi connectivity index (χ3n) is 6.28. The highest BCUT2D eigenvalue weighted by Gasteiger charge is 2.48. The number of aromatic nitrogens is 2. The van der Waals surface area contributed by atoms with E-state index in [1.54, 1.807) is 0 Å². The summed E-state index contributed by atoms with van der Waals surface area (Å²) in [7, 11) is 0. The molecule has 1 fully saturated rings. The van der Waals surface area contributed by atoms with Crippen molar-refractivity contribution in [3.8, 4) is 0 Å². The van der Waals surface area contributed by atoms with E-state index in [2.05, 4.69) is 15.2 Å². The van der Waals surface area contributed by atoms with Crippen LogP contribution in [0.25, 0.3) is 0 Å². The first kappa shape index (κ1) is 16.8. The lowest BCUT2D eigenvalue weighted by atomic mass is 9.74. The molecule has 1 aromatic heterocycles. The Morgan fingerprint density at radius 1 is 1.11 bits per heavy atom.